The number of hydrogen-bond acceptors (Lipinski definition) is 4. The molecule has 0 radical (unpaired) electrons. The lowest BCUT2D eigenvalue weighted by atomic mass is 10.3. The molecule has 0 aliphatic heterocycles. The van der Waals surface area contributed by atoms with Crippen LogP contribution in [0.2, 0.25) is 0 Å². The van der Waals surface area contributed by atoms with E-state index in [9.17, 15) is 4.39 Å². The van der Waals surface area contributed by atoms with Crippen molar-refractivity contribution < 1.29 is 4.39 Å². The fourth-order valence-corrected chi connectivity index (χ4v) is 1.78. The number of rotatable bonds is 4. The maximum atomic E-state index is 12.8. The highest BCUT2D eigenvalue weighted by atomic mass is 32.1. The molecule has 0 saturated carbocycles. The number of hydrogen-bond donors (Lipinski definition) is 1. The summed E-state index contributed by atoms with van der Waals surface area (Å²) in [4.78, 5) is 8.91. The van der Waals surface area contributed by atoms with Gasteiger partial charge in [-0.3, -0.25) is 9.97 Å². The van der Waals surface area contributed by atoms with E-state index >= 15 is 0 Å². The van der Waals surface area contributed by atoms with Gasteiger partial charge in [0.05, 0.1) is 11.7 Å². The van der Waals surface area contributed by atoms with E-state index in [4.69, 9.17) is 0 Å². The van der Waals surface area contributed by atoms with E-state index in [1.807, 2.05) is 6.20 Å². The summed E-state index contributed by atoms with van der Waals surface area (Å²) in [6.07, 6.45) is 4.68. The molecule has 78 valence electrons. The lowest BCUT2D eigenvalue weighted by molar-refractivity contribution is 0.613. The molecule has 5 heteroatoms. The molecule has 0 fully saturated rings. The first-order valence-electron chi connectivity index (χ1n) is 4.52. The average Bonchev–Trinajstić information content (AvgIpc) is 2.71. The largest absolute Gasteiger partial charge is 0.308 e. The summed E-state index contributed by atoms with van der Waals surface area (Å²) in [6, 6.07) is 1.48. The van der Waals surface area contributed by atoms with Crippen LogP contribution in [-0.2, 0) is 13.1 Å². The van der Waals surface area contributed by atoms with Crippen LogP contribution >= 0.6 is 11.3 Å². The van der Waals surface area contributed by atoms with Crippen LogP contribution in [0.15, 0.2) is 30.2 Å². The van der Waals surface area contributed by atoms with Crippen LogP contribution in [0.4, 0.5) is 4.39 Å². The molecule has 15 heavy (non-hydrogen) atoms. The molecule has 0 spiro atoms. The van der Waals surface area contributed by atoms with E-state index in [1.165, 1.54) is 17.1 Å². The molecule has 0 aliphatic carbocycles. The summed E-state index contributed by atoms with van der Waals surface area (Å²) in [5.41, 5.74) is 2.64. The zero-order valence-corrected chi connectivity index (χ0v) is 8.80. The molecule has 3 nitrogen and oxygen atoms in total. The highest BCUT2D eigenvalue weighted by Gasteiger charge is 1.97. The van der Waals surface area contributed by atoms with E-state index < -0.39 is 0 Å². The van der Waals surface area contributed by atoms with Gasteiger partial charge in [-0.1, -0.05) is 0 Å². The minimum Gasteiger partial charge on any atom is -0.308 e. The van der Waals surface area contributed by atoms with Gasteiger partial charge in [-0.2, -0.15) is 0 Å². The Morgan fingerprint density at radius 1 is 1.20 bits per heavy atom. The molecule has 0 aromatic carbocycles. The predicted octanol–water partition coefficient (Wildman–Crippen LogP) is 1.97. The molecule has 0 saturated heterocycles. The maximum Gasteiger partial charge on any atom is 0.141 e. The van der Waals surface area contributed by atoms with Crippen molar-refractivity contribution >= 4 is 11.3 Å². The molecule has 0 atom stereocenters. The maximum absolute atomic E-state index is 12.8. The summed E-state index contributed by atoms with van der Waals surface area (Å²) >= 11 is 1.60. The third-order valence-electron chi connectivity index (χ3n) is 1.87. The molecule has 2 aromatic rings. The van der Waals surface area contributed by atoms with Gasteiger partial charge in [0, 0.05) is 30.4 Å². The number of halogens is 1. The van der Waals surface area contributed by atoms with Crippen LogP contribution in [0.3, 0.4) is 0 Å². The van der Waals surface area contributed by atoms with Crippen molar-refractivity contribution in [3.8, 4) is 0 Å². The predicted molar refractivity (Wildman–Crippen MR) is 56.9 cm³/mol. The van der Waals surface area contributed by atoms with Crippen molar-refractivity contribution in [1.29, 1.82) is 0 Å². The monoisotopic (exact) mass is 223 g/mol. The van der Waals surface area contributed by atoms with Gasteiger partial charge in [-0.05, 0) is 11.6 Å². The minimum atomic E-state index is -0.299. The summed E-state index contributed by atoms with van der Waals surface area (Å²) in [5.74, 6) is -0.299. The van der Waals surface area contributed by atoms with Crippen LogP contribution in [0.1, 0.15) is 10.4 Å². The lowest BCUT2D eigenvalue weighted by Gasteiger charge is -2.02. The lowest BCUT2D eigenvalue weighted by Crippen LogP contribution is -2.12. The van der Waals surface area contributed by atoms with Gasteiger partial charge in [-0.15, -0.1) is 11.3 Å². The third-order valence-corrected chi connectivity index (χ3v) is 2.65. The van der Waals surface area contributed by atoms with Crippen molar-refractivity contribution in [2.24, 2.45) is 0 Å². The molecular weight excluding hydrogens is 213 g/mol. The molecule has 2 aromatic heterocycles. The van der Waals surface area contributed by atoms with E-state index in [1.54, 1.807) is 23.0 Å². The Labute approximate surface area is 91.0 Å². The second-order valence-corrected chi connectivity index (χ2v) is 4.05. The second-order valence-electron chi connectivity index (χ2n) is 3.08. The zero-order chi connectivity index (χ0) is 10.5. The Hall–Kier alpha value is -1.33. The summed E-state index contributed by atoms with van der Waals surface area (Å²) in [5, 5.41) is 3.20. The molecule has 0 amide bonds. The Morgan fingerprint density at radius 2 is 2.13 bits per heavy atom. The summed E-state index contributed by atoms with van der Waals surface area (Å²) in [7, 11) is 0. The van der Waals surface area contributed by atoms with Crippen molar-refractivity contribution in [3.63, 3.8) is 0 Å². The van der Waals surface area contributed by atoms with Crippen molar-refractivity contribution in [1.82, 2.24) is 15.3 Å². The SMILES string of the molecule is Fc1cncc(CNCc2cncs2)c1. The number of aromatic nitrogens is 2. The fourth-order valence-electron chi connectivity index (χ4n) is 1.21. The highest BCUT2D eigenvalue weighted by molar-refractivity contribution is 7.09. The first-order valence-corrected chi connectivity index (χ1v) is 5.40. The Bertz CT molecular complexity index is 416. The normalized spacial score (nSPS) is 10.5. The minimum absolute atomic E-state index is 0.299. The van der Waals surface area contributed by atoms with Crippen LogP contribution in [0, 0.1) is 5.82 Å². The van der Waals surface area contributed by atoms with Crippen LogP contribution in [0.25, 0.3) is 0 Å². The van der Waals surface area contributed by atoms with E-state index in [0.717, 1.165) is 12.1 Å². The van der Waals surface area contributed by atoms with Gasteiger partial charge in [0.1, 0.15) is 5.82 Å². The first kappa shape index (κ1) is 10.2. The third kappa shape index (κ3) is 3.07. The quantitative estimate of drug-likeness (QED) is 0.861. The Balaban J connectivity index is 1.83. The van der Waals surface area contributed by atoms with E-state index in [2.05, 4.69) is 15.3 Å². The zero-order valence-electron chi connectivity index (χ0n) is 7.98. The molecule has 0 unspecified atom stereocenters. The van der Waals surface area contributed by atoms with Crippen molar-refractivity contribution in [2.75, 3.05) is 0 Å². The topological polar surface area (TPSA) is 37.8 Å². The van der Waals surface area contributed by atoms with Gasteiger partial charge in [0.15, 0.2) is 0 Å². The average molecular weight is 223 g/mol. The Morgan fingerprint density at radius 3 is 2.87 bits per heavy atom. The number of nitrogens with one attached hydrogen (secondary N) is 1. The summed E-state index contributed by atoms with van der Waals surface area (Å²) < 4.78 is 12.8. The van der Waals surface area contributed by atoms with E-state index in [-0.39, 0.29) is 5.82 Å². The Kier molecular flexibility index (Phi) is 3.37. The van der Waals surface area contributed by atoms with Crippen LogP contribution in [0.5, 0.6) is 0 Å². The van der Waals surface area contributed by atoms with Gasteiger partial charge in [0.2, 0.25) is 0 Å². The molecular formula is C10H10FN3S. The van der Waals surface area contributed by atoms with Crippen LogP contribution in [-0.4, -0.2) is 9.97 Å². The number of pyridine rings is 1. The van der Waals surface area contributed by atoms with E-state index in [0.29, 0.717) is 6.54 Å². The molecule has 1 N–H and O–H groups in total. The highest BCUT2D eigenvalue weighted by Crippen LogP contribution is 2.05. The van der Waals surface area contributed by atoms with Crippen LogP contribution < -0.4 is 5.32 Å². The molecule has 2 heterocycles. The second kappa shape index (κ2) is 4.95. The fraction of sp³-hybridized carbons (Fsp3) is 0.200. The van der Waals surface area contributed by atoms with Gasteiger partial charge < -0.3 is 5.32 Å². The molecule has 0 bridgehead atoms. The molecule has 2 rings (SSSR count). The van der Waals surface area contributed by atoms with Gasteiger partial charge in [0.25, 0.3) is 0 Å². The van der Waals surface area contributed by atoms with Crippen molar-refractivity contribution in [2.45, 2.75) is 13.1 Å². The first-order chi connectivity index (χ1) is 7.34. The van der Waals surface area contributed by atoms with Gasteiger partial charge in [-0.25, -0.2) is 4.39 Å². The van der Waals surface area contributed by atoms with Gasteiger partial charge >= 0.3 is 0 Å². The number of thiazole rings is 1. The molecule has 0 aliphatic rings. The smallest absolute Gasteiger partial charge is 0.141 e. The standard InChI is InChI=1S/C10H10FN3S/c11-9-1-8(2-12-4-9)3-13-5-10-6-14-7-15-10/h1-2,4,6-7,13H,3,5H2. The summed E-state index contributed by atoms with van der Waals surface area (Å²) in [6.45, 7) is 1.36. The van der Waals surface area contributed by atoms with Crippen molar-refractivity contribution in [3.05, 3.63) is 46.4 Å². The number of nitrogens with zero attached hydrogens (tertiary/aromatic N) is 2.